The van der Waals surface area contributed by atoms with E-state index in [0.717, 1.165) is 17.5 Å². The number of halogens is 1. The zero-order valence-electron chi connectivity index (χ0n) is 14.5. The van der Waals surface area contributed by atoms with Crippen LogP contribution in [0.5, 0.6) is 0 Å². The van der Waals surface area contributed by atoms with Crippen molar-refractivity contribution in [1.29, 1.82) is 0 Å². The first-order valence-electron chi connectivity index (χ1n) is 8.20. The summed E-state index contributed by atoms with van der Waals surface area (Å²) >= 11 is 5.93. The molecule has 6 heteroatoms. The molecule has 2 aromatic rings. The Hall–Kier alpha value is -2.40. The molecule has 0 unspecified atom stereocenters. The number of hydrogen-bond donors (Lipinski definition) is 0. The fourth-order valence-electron chi connectivity index (χ4n) is 2.93. The van der Waals surface area contributed by atoms with E-state index in [1.54, 1.807) is 37.1 Å². The van der Waals surface area contributed by atoms with Gasteiger partial charge in [0.05, 0.1) is 5.69 Å². The highest BCUT2D eigenvalue weighted by molar-refractivity contribution is 6.29. The lowest BCUT2D eigenvalue weighted by Gasteiger charge is -2.27. The van der Waals surface area contributed by atoms with Crippen LogP contribution in [0.1, 0.15) is 31.9 Å². The summed E-state index contributed by atoms with van der Waals surface area (Å²) in [7, 11) is 0. The van der Waals surface area contributed by atoms with Gasteiger partial charge in [0, 0.05) is 12.7 Å². The van der Waals surface area contributed by atoms with Gasteiger partial charge in [-0.05, 0) is 55.7 Å². The van der Waals surface area contributed by atoms with Crippen LogP contribution in [-0.4, -0.2) is 27.4 Å². The number of benzene rings is 1. The van der Waals surface area contributed by atoms with Crippen LogP contribution in [0, 0.1) is 0 Å². The first-order chi connectivity index (χ1) is 11.8. The molecule has 0 saturated carbocycles. The lowest BCUT2D eigenvalue weighted by molar-refractivity contribution is -0.123. The molecule has 0 spiro atoms. The highest BCUT2D eigenvalue weighted by Gasteiger charge is 2.51. The van der Waals surface area contributed by atoms with E-state index in [1.807, 2.05) is 24.3 Å². The predicted octanol–water partition coefficient (Wildman–Crippen LogP) is 4.04. The Labute approximate surface area is 152 Å². The number of urea groups is 1. The zero-order chi connectivity index (χ0) is 18.2. The molecule has 1 saturated heterocycles. The fraction of sp³-hybridized carbons (Fsp3) is 0.316. The first-order valence-corrected chi connectivity index (χ1v) is 8.58. The summed E-state index contributed by atoms with van der Waals surface area (Å²) in [5, 5.41) is 0.361. The Morgan fingerprint density at radius 3 is 2.36 bits per heavy atom. The average molecular weight is 358 g/mol. The Balaban J connectivity index is 1.92. The number of nitrogens with zero attached hydrogens (tertiary/aromatic N) is 3. The Bertz CT molecular complexity index is 818. The minimum Gasteiger partial charge on any atom is -0.305 e. The van der Waals surface area contributed by atoms with Crippen LogP contribution < -0.4 is 4.90 Å². The molecule has 1 aromatic heterocycles. The molecule has 0 radical (unpaired) electrons. The summed E-state index contributed by atoms with van der Waals surface area (Å²) in [4.78, 5) is 32.6. The van der Waals surface area contributed by atoms with Gasteiger partial charge in [-0.2, -0.15) is 0 Å². The maximum atomic E-state index is 13.0. The molecule has 25 heavy (non-hydrogen) atoms. The number of aromatic nitrogens is 1. The van der Waals surface area contributed by atoms with Crippen molar-refractivity contribution in [2.75, 3.05) is 4.90 Å². The van der Waals surface area contributed by atoms with Gasteiger partial charge in [0.2, 0.25) is 0 Å². The molecule has 3 rings (SSSR count). The SMILES string of the molecule is CCc1ccc(N2C(=O)N(Cc3ccnc(Cl)c3)C(C)(C)C2=O)cc1. The van der Waals surface area contributed by atoms with Crippen molar-refractivity contribution in [2.24, 2.45) is 0 Å². The third kappa shape index (κ3) is 3.12. The van der Waals surface area contributed by atoms with Crippen molar-refractivity contribution < 1.29 is 9.59 Å². The van der Waals surface area contributed by atoms with E-state index in [0.29, 0.717) is 17.4 Å². The molecule has 0 atom stereocenters. The molecule has 130 valence electrons. The van der Waals surface area contributed by atoms with Crippen molar-refractivity contribution in [2.45, 2.75) is 39.3 Å². The summed E-state index contributed by atoms with van der Waals surface area (Å²) in [5.74, 6) is -0.234. The van der Waals surface area contributed by atoms with Crippen LogP contribution in [0.4, 0.5) is 10.5 Å². The van der Waals surface area contributed by atoms with Crippen molar-refractivity contribution >= 4 is 29.2 Å². The van der Waals surface area contributed by atoms with Crippen LogP contribution >= 0.6 is 11.6 Å². The van der Waals surface area contributed by atoms with Crippen LogP contribution in [0.25, 0.3) is 0 Å². The van der Waals surface area contributed by atoms with Gasteiger partial charge >= 0.3 is 6.03 Å². The molecular weight excluding hydrogens is 338 g/mol. The number of carbonyl (C=O) groups excluding carboxylic acids is 2. The van der Waals surface area contributed by atoms with E-state index in [-0.39, 0.29) is 11.9 Å². The fourth-order valence-corrected chi connectivity index (χ4v) is 3.13. The van der Waals surface area contributed by atoms with Gasteiger partial charge in [-0.25, -0.2) is 14.7 Å². The third-order valence-electron chi connectivity index (χ3n) is 4.56. The van der Waals surface area contributed by atoms with E-state index >= 15 is 0 Å². The number of hydrogen-bond acceptors (Lipinski definition) is 3. The summed E-state index contributed by atoms with van der Waals surface area (Å²) in [6, 6.07) is 10.7. The normalized spacial score (nSPS) is 16.6. The van der Waals surface area contributed by atoms with Crippen LogP contribution in [0.2, 0.25) is 5.15 Å². The van der Waals surface area contributed by atoms with Crippen molar-refractivity contribution in [3.8, 4) is 0 Å². The molecule has 1 aliphatic rings. The highest BCUT2D eigenvalue weighted by atomic mass is 35.5. The lowest BCUT2D eigenvalue weighted by Crippen LogP contribution is -2.43. The molecular formula is C19H20ClN3O2. The van der Waals surface area contributed by atoms with Crippen LogP contribution in [0.3, 0.4) is 0 Å². The number of rotatable bonds is 4. The molecule has 1 aromatic carbocycles. The minimum atomic E-state index is -0.934. The van der Waals surface area contributed by atoms with Gasteiger partial charge in [-0.15, -0.1) is 0 Å². The molecule has 5 nitrogen and oxygen atoms in total. The Morgan fingerprint density at radius 1 is 1.08 bits per heavy atom. The second-order valence-corrected chi connectivity index (χ2v) is 6.96. The summed E-state index contributed by atoms with van der Waals surface area (Å²) in [5.41, 5.74) is 1.65. The van der Waals surface area contributed by atoms with Crippen molar-refractivity contribution in [3.63, 3.8) is 0 Å². The van der Waals surface area contributed by atoms with E-state index in [1.165, 1.54) is 4.90 Å². The van der Waals surface area contributed by atoms with E-state index in [2.05, 4.69) is 11.9 Å². The number of amides is 3. The van der Waals surface area contributed by atoms with Gasteiger partial charge in [0.1, 0.15) is 10.7 Å². The molecule has 2 heterocycles. The van der Waals surface area contributed by atoms with Crippen molar-refractivity contribution in [1.82, 2.24) is 9.88 Å². The third-order valence-corrected chi connectivity index (χ3v) is 4.76. The van der Waals surface area contributed by atoms with E-state index in [9.17, 15) is 9.59 Å². The van der Waals surface area contributed by atoms with Crippen LogP contribution in [-0.2, 0) is 17.8 Å². The summed E-state index contributed by atoms with van der Waals surface area (Å²) in [6.07, 6.45) is 2.50. The highest BCUT2D eigenvalue weighted by Crippen LogP contribution is 2.33. The molecule has 0 aliphatic carbocycles. The molecule has 0 bridgehead atoms. The number of pyridine rings is 1. The monoisotopic (exact) mass is 357 g/mol. The van der Waals surface area contributed by atoms with Gasteiger partial charge < -0.3 is 4.90 Å². The van der Waals surface area contributed by atoms with Crippen molar-refractivity contribution in [3.05, 3.63) is 58.9 Å². The second kappa shape index (κ2) is 6.48. The smallest absolute Gasteiger partial charge is 0.305 e. The largest absolute Gasteiger partial charge is 0.332 e. The predicted molar refractivity (Wildman–Crippen MR) is 97.6 cm³/mol. The van der Waals surface area contributed by atoms with Gasteiger partial charge in [-0.1, -0.05) is 30.7 Å². The number of anilines is 1. The van der Waals surface area contributed by atoms with Gasteiger partial charge in [0.15, 0.2) is 0 Å². The summed E-state index contributed by atoms with van der Waals surface area (Å²) in [6.45, 7) is 5.88. The second-order valence-electron chi connectivity index (χ2n) is 6.58. The number of carbonyl (C=O) groups is 2. The first kappa shape index (κ1) is 17.4. The summed E-state index contributed by atoms with van der Waals surface area (Å²) < 4.78 is 0. The van der Waals surface area contributed by atoms with E-state index in [4.69, 9.17) is 11.6 Å². The maximum Gasteiger partial charge on any atom is 0.332 e. The molecule has 1 fully saturated rings. The topological polar surface area (TPSA) is 53.5 Å². The Morgan fingerprint density at radius 2 is 1.76 bits per heavy atom. The average Bonchev–Trinajstić information content (AvgIpc) is 2.75. The molecule has 3 amide bonds. The maximum absolute atomic E-state index is 13.0. The number of imide groups is 1. The minimum absolute atomic E-state index is 0.234. The zero-order valence-corrected chi connectivity index (χ0v) is 15.2. The van der Waals surface area contributed by atoms with Crippen LogP contribution in [0.15, 0.2) is 42.6 Å². The molecule has 1 aliphatic heterocycles. The number of aryl methyl sites for hydroxylation is 1. The Kier molecular flexibility index (Phi) is 4.52. The standard InChI is InChI=1S/C19H20ClN3O2/c1-4-13-5-7-15(8-6-13)23-17(24)19(2,3)22(18(23)25)12-14-9-10-21-16(20)11-14/h5-11H,4,12H2,1-3H3. The van der Waals surface area contributed by atoms with E-state index < -0.39 is 5.54 Å². The van der Waals surface area contributed by atoms with Gasteiger partial charge in [0.25, 0.3) is 5.91 Å². The lowest BCUT2D eigenvalue weighted by atomic mass is 10.0. The molecule has 0 N–H and O–H groups in total. The quantitative estimate of drug-likeness (QED) is 0.612. The van der Waals surface area contributed by atoms with Gasteiger partial charge in [-0.3, -0.25) is 4.79 Å².